The van der Waals surface area contributed by atoms with E-state index in [0.29, 0.717) is 12.5 Å². The number of fused-ring (bicyclic) bond motifs is 1. The fourth-order valence-electron chi connectivity index (χ4n) is 4.03. The van der Waals surface area contributed by atoms with Crippen molar-refractivity contribution < 1.29 is 24.0 Å². The molecular formula is C21H20N2O6. The maximum absolute atomic E-state index is 12.5. The number of hydrogen-bond acceptors (Lipinski definition) is 6. The largest absolute Gasteiger partial charge is 0.461 e. The number of nitrogens with one attached hydrogen (secondary N) is 1. The molecule has 2 unspecified atom stereocenters. The number of nitro benzene ring substituents is 1. The summed E-state index contributed by atoms with van der Waals surface area (Å²) >= 11 is 0. The number of anilines is 1. The monoisotopic (exact) mass is 396 g/mol. The van der Waals surface area contributed by atoms with Crippen LogP contribution in [0, 0.1) is 21.4 Å². The van der Waals surface area contributed by atoms with Crippen LogP contribution >= 0.6 is 0 Å². The minimum Gasteiger partial charge on any atom is -0.461 e. The number of nitrogens with zero attached hydrogens (tertiary/aromatic N) is 1. The smallest absolute Gasteiger partial charge is 0.417 e. The molecule has 2 atom stereocenters. The third-order valence-corrected chi connectivity index (χ3v) is 5.72. The number of esters is 1. The quantitative estimate of drug-likeness (QED) is 0.436. The van der Waals surface area contributed by atoms with Gasteiger partial charge in [0.05, 0.1) is 22.8 Å². The first-order valence-corrected chi connectivity index (χ1v) is 9.46. The molecular weight excluding hydrogens is 376 g/mol. The van der Waals surface area contributed by atoms with Gasteiger partial charge in [0, 0.05) is 17.5 Å². The first kappa shape index (κ1) is 18.9. The van der Waals surface area contributed by atoms with E-state index in [1.807, 2.05) is 0 Å². The fraction of sp³-hybridized carbons (Fsp3) is 0.333. The average Bonchev–Trinajstić information content (AvgIpc) is 3.26. The van der Waals surface area contributed by atoms with Gasteiger partial charge in [-0.05, 0) is 49.4 Å². The average molecular weight is 396 g/mol. The van der Waals surface area contributed by atoms with Gasteiger partial charge in [-0.3, -0.25) is 15.4 Å². The van der Waals surface area contributed by atoms with Crippen molar-refractivity contribution in [1.82, 2.24) is 0 Å². The van der Waals surface area contributed by atoms with Gasteiger partial charge < -0.3 is 9.47 Å². The fourth-order valence-corrected chi connectivity index (χ4v) is 4.03. The van der Waals surface area contributed by atoms with Gasteiger partial charge in [-0.1, -0.05) is 18.6 Å². The lowest BCUT2D eigenvalue weighted by atomic mass is 10.1. The number of rotatable bonds is 6. The van der Waals surface area contributed by atoms with E-state index in [2.05, 4.69) is 5.32 Å². The van der Waals surface area contributed by atoms with Crippen LogP contribution in [0.25, 0.3) is 0 Å². The lowest BCUT2D eigenvalue weighted by Crippen LogP contribution is -2.20. The molecule has 0 heterocycles. The molecule has 2 aromatic carbocycles. The van der Waals surface area contributed by atoms with Crippen LogP contribution in [0.1, 0.15) is 36.0 Å². The van der Waals surface area contributed by atoms with E-state index in [4.69, 9.17) is 9.47 Å². The molecule has 1 N–H and O–H groups in total. The first-order chi connectivity index (χ1) is 14.0. The first-order valence-electron chi connectivity index (χ1n) is 9.46. The zero-order chi connectivity index (χ0) is 20.4. The number of nitro groups is 1. The molecule has 0 bridgehead atoms. The van der Waals surface area contributed by atoms with Crippen molar-refractivity contribution in [2.45, 2.75) is 25.7 Å². The third-order valence-electron chi connectivity index (χ3n) is 5.72. The highest BCUT2D eigenvalue weighted by Gasteiger charge is 2.57. The second-order valence-electron chi connectivity index (χ2n) is 7.54. The molecule has 4 rings (SSSR count). The highest BCUT2D eigenvalue weighted by atomic mass is 16.6. The molecule has 0 aliphatic heterocycles. The van der Waals surface area contributed by atoms with E-state index in [1.54, 1.807) is 24.3 Å². The Morgan fingerprint density at radius 3 is 2.59 bits per heavy atom. The van der Waals surface area contributed by atoms with Crippen molar-refractivity contribution in [1.29, 1.82) is 0 Å². The summed E-state index contributed by atoms with van der Waals surface area (Å²) in [6, 6.07) is 11.7. The molecule has 150 valence electrons. The van der Waals surface area contributed by atoms with Gasteiger partial charge in [0.25, 0.3) is 5.69 Å². The summed E-state index contributed by atoms with van der Waals surface area (Å²) < 4.78 is 10.7. The van der Waals surface area contributed by atoms with Gasteiger partial charge in [0.1, 0.15) is 5.75 Å². The molecule has 0 aromatic heterocycles. The second-order valence-corrected chi connectivity index (χ2v) is 7.54. The van der Waals surface area contributed by atoms with Gasteiger partial charge in [-0.25, -0.2) is 9.59 Å². The third kappa shape index (κ3) is 4.06. The van der Waals surface area contributed by atoms with Crippen molar-refractivity contribution >= 4 is 23.4 Å². The number of carbonyl (C=O) groups is 2. The highest BCUT2D eigenvalue weighted by molar-refractivity contribution is 6.00. The van der Waals surface area contributed by atoms with Crippen molar-refractivity contribution in [3.63, 3.8) is 0 Å². The highest BCUT2D eigenvalue weighted by Crippen LogP contribution is 2.63. The Hall–Kier alpha value is -3.42. The molecule has 2 aliphatic carbocycles. The standard InChI is InChI=1S/C21H20N2O6/c24-19(28-13-21-11-3-4-14(21)12-21)17-5-1-2-6-18(17)22-20(25)29-16-9-7-15(8-10-16)23(26)27/h1-2,5-10,14H,3-4,11-13H2,(H,22,25). The van der Waals surface area contributed by atoms with E-state index >= 15 is 0 Å². The summed E-state index contributed by atoms with van der Waals surface area (Å²) in [7, 11) is 0. The van der Waals surface area contributed by atoms with Crippen LogP contribution < -0.4 is 10.1 Å². The Kier molecular flexibility index (Phi) is 4.92. The summed E-state index contributed by atoms with van der Waals surface area (Å²) in [6.45, 7) is 0.415. The molecule has 2 fully saturated rings. The molecule has 0 radical (unpaired) electrons. The molecule has 2 aliphatic rings. The number of benzene rings is 2. The van der Waals surface area contributed by atoms with Crippen LogP contribution in [0.5, 0.6) is 5.75 Å². The number of para-hydroxylation sites is 1. The minimum atomic E-state index is -0.809. The van der Waals surface area contributed by atoms with E-state index in [-0.39, 0.29) is 28.1 Å². The molecule has 2 aromatic rings. The number of hydrogen-bond donors (Lipinski definition) is 1. The predicted molar refractivity (Wildman–Crippen MR) is 104 cm³/mol. The van der Waals surface area contributed by atoms with Crippen LogP contribution in [0.3, 0.4) is 0 Å². The van der Waals surface area contributed by atoms with E-state index in [1.165, 1.54) is 37.1 Å². The van der Waals surface area contributed by atoms with Crippen LogP contribution in [0.2, 0.25) is 0 Å². The number of amides is 1. The van der Waals surface area contributed by atoms with Crippen molar-refractivity contribution in [3.05, 3.63) is 64.2 Å². The Morgan fingerprint density at radius 2 is 1.93 bits per heavy atom. The van der Waals surface area contributed by atoms with E-state index < -0.39 is 17.0 Å². The number of non-ortho nitro benzene ring substituents is 1. The van der Waals surface area contributed by atoms with Gasteiger partial charge in [0.2, 0.25) is 0 Å². The van der Waals surface area contributed by atoms with Gasteiger partial charge in [0.15, 0.2) is 0 Å². The van der Waals surface area contributed by atoms with Crippen molar-refractivity contribution in [2.24, 2.45) is 11.3 Å². The van der Waals surface area contributed by atoms with Gasteiger partial charge >= 0.3 is 12.1 Å². The zero-order valence-electron chi connectivity index (χ0n) is 15.6. The number of carbonyl (C=O) groups excluding carboxylic acids is 2. The maximum atomic E-state index is 12.5. The molecule has 0 spiro atoms. The van der Waals surface area contributed by atoms with Gasteiger partial charge in [-0.2, -0.15) is 0 Å². The summed E-state index contributed by atoms with van der Waals surface area (Å²) in [5, 5.41) is 13.2. The SMILES string of the molecule is O=C(Nc1ccccc1C(=O)OCC12CCCC1C2)Oc1ccc([N+](=O)[O-])cc1. The maximum Gasteiger partial charge on any atom is 0.417 e. The number of ether oxygens (including phenoxy) is 2. The Morgan fingerprint density at radius 1 is 1.17 bits per heavy atom. The predicted octanol–water partition coefficient (Wildman–Crippen LogP) is 4.55. The summed E-state index contributed by atoms with van der Waals surface area (Å²) in [5.41, 5.74) is 0.596. The molecule has 2 saturated carbocycles. The van der Waals surface area contributed by atoms with E-state index in [0.717, 1.165) is 12.8 Å². The summed E-state index contributed by atoms with van der Waals surface area (Å²) in [6.07, 6.45) is 3.82. The molecule has 8 heteroatoms. The lowest BCUT2D eigenvalue weighted by molar-refractivity contribution is -0.384. The Balaban J connectivity index is 1.37. The van der Waals surface area contributed by atoms with Crippen LogP contribution in [-0.2, 0) is 4.74 Å². The summed E-state index contributed by atoms with van der Waals surface area (Å²) in [5.74, 6) is 0.344. The molecule has 1 amide bonds. The van der Waals surface area contributed by atoms with Crippen LogP contribution in [0.4, 0.5) is 16.2 Å². The second kappa shape index (κ2) is 7.54. The zero-order valence-corrected chi connectivity index (χ0v) is 15.6. The molecule has 8 nitrogen and oxygen atoms in total. The lowest BCUT2D eigenvalue weighted by Gasteiger charge is -2.14. The molecule has 0 saturated heterocycles. The van der Waals surface area contributed by atoms with Crippen LogP contribution in [-0.4, -0.2) is 23.6 Å². The van der Waals surface area contributed by atoms with Crippen LogP contribution in [0.15, 0.2) is 48.5 Å². The van der Waals surface area contributed by atoms with E-state index in [9.17, 15) is 19.7 Å². The van der Waals surface area contributed by atoms with Crippen molar-refractivity contribution in [2.75, 3.05) is 11.9 Å². The Labute approximate surface area is 167 Å². The van der Waals surface area contributed by atoms with Crippen molar-refractivity contribution in [3.8, 4) is 5.75 Å². The topological polar surface area (TPSA) is 108 Å². The molecule has 29 heavy (non-hydrogen) atoms. The minimum absolute atomic E-state index is 0.106. The normalized spacial score (nSPS) is 21.7. The Bertz CT molecular complexity index is 958. The van der Waals surface area contributed by atoms with Gasteiger partial charge in [-0.15, -0.1) is 0 Å². The summed E-state index contributed by atoms with van der Waals surface area (Å²) in [4.78, 5) is 34.9.